The van der Waals surface area contributed by atoms with E-state index in [1.165, 1.54) is 0 Å². The van der Waals surface area contributed by atoms with Crippen LogP contribution >= 0.6 is 0 Å². The summed E-state index contributed by atoms with van der Waals surface area (Å²) in [6.07, 6.45) is 6.80. The number of hydrogen-bond donors (Lipinski definition) is 1. The molecule has 2 aromatic rings. The van der Waals surface area contributed by atoms with Gasteiger partial charge in [-0.25, -0.2) is 14.8 Å². The van der Waals surface area contributed by atoms with Crippen LogP contribution in [-0.2, 0) is 6.42 Å². The van der Waals surface area contributed by atoms with Crippen LogP contribution in [0.1, 0.15) is 67.6 Å². The quantitative estimate of drug-likeness (QED) is 0.906. The van der Waals surface area contributed by atoms with E-state index in [-0.39, 0.29) is 12.1 Å². The summed E-state index contributed by atoms with van der Waals surface area (Å²) in [5.41, 5.74) is 1.72. The monoisotopic (exact) mass is 340 g/mol. The predicted molar refractivity (Wildman–Crippen MR) is 94.5 cm³/mol. The Bertz CT molecular complexity index is 781. The zero-order chi connectivity index (χ0) is 17.4. The molecule has 4 rings (SSSR count). The molecule has 1 aliphatic carbocycles. The van der Waals surface area contributed by atoms with Gasteiger partial charge in [0.25, 0.3) is 0 Å². The van der Waals surface area contributed by atoms with Crippen molar-refractivity contribution in [1.29, 1.82) is 0 Å². The first-order valence-corrected chi connectivity index (χ1v) is 9.15. The van der Waals surface area contributed by atoms with Gasteiger partial charge in [0, 0.05) is 18.9 Å². The van der Waals surface area contributed by atoms with E-state index in [1.807, 2.05) is 24.0 Å². The lowest BCUT2D eigenvalue weighted by Gasteiger charge is -2.24. The highest BCUT2D eigenvalue weighted by Crippen LogP contribution is 2.42. The number of carbonyl (C=O) groups is 1. The fourth-order valence-corrected chi connectivity index (χ4v) is 3.51. The minimum absolute atomic E-state index is 0.0102. The molecular formula is C19H24N4O2. The lowest BCUT2D eigenvalue weighted by molar-refractivity contribution is 0.199. The van der Waals surface area contributed by atoms with Gasteiger partial charge in [-0.2, -0.15) is 0 Å². The van der Waals surface area contributed by atoms with Crippen LogP contribution in [0, 0.1) is 6.92 Å². The number of hydrogen-bond acceptors (Lipinski definition) is 4. The summed E-state index contributed by atoms with van der Waals surface area (Å²) in [6, 6.07) is 3.92. The SMILES string of the molecule is CCc1ccc([C@@H]2CCCN2C(=O)Nc2cnc(C)nc2C2CC2)o1. The molecule has 1 aliphatic heterocycles. The lowest BCUT2D eigenvalue weighted by Crippen LogP contribution is -2.34. The smallest absolute Gasteiger partial charge is 0.322 e. The molecule has 1 atom stereocenters. The van der Waals surface area contributed by atoms with Gasteiger partial charge in [0.2, 0.25) is 0 Å². The molecule has 1 saturated carbocycles. The van der Waals surface area contributed by atoms with Crippen molar-refractivity contribution in [3.63, 3.8) is 0 Å². The molecule has 2 aromatic heterocycles. The van der Waals surface area contributed by atoms with Crippen molar-refractivity contribution >= 4 is 11.7 Å². The zero-order valence-corrected chi connectivity index (χ0v) is 14.8. The van der Waals surface area contributed by atoms with Crippen LogP contribution in [0.25, 0.3) is 0 Å². The molecule has 1 N–H and O–H groups in total. The van der Waals surface area contributed by atoms with Crippen molar-refractivity contribution in [2.24, 2.45) is 0 Å². The van der Waals surface area contributed by atoms with Gasteiger partial charge >= 0.3 is 6.03 Å². The van der Waals surface area contributed by atoms with E-state index in [4.69, 9.17) is 4.42 Å². The molecule has 132 valence electrons. The van der Waals surface area contributed by atoms with Crippen molar-refractivity contribution in [3.05, 3.63) is 41.4 Å². The maximum atomic E-state index is 12.9. The summed E-state index contributed by atoms with van der Waals surface area (Å²) in [4.78, 5) is 23.5. The second-order valence-corrected chi connectivity index (χ2v) is 6.93. The van der Waals surface area contributed by atoms with Crippen LogP contribution in [0.3, 0.4) is 0 Å². The number of rotatable bonds is 4. The van der Waals surface area contributed by atoms with Gasteiger partial charge in [-0.05, 0) is 44.7 Å². The Morgan fingerprint density at radius 2 is 2.20 bits per heavy atom. The molecule has 0 bridgehead atoms. The van der Waals surface area contributed by atoms with E-state index in [9.17, 15) is 4.79 Å². The Morgan fingerprint density at radius 3 is 2.92 bits per heavy atom. The molecule has 0 aromatic carbocycles. The molecule has 0 spiro atoms. The molecule has 0 unspecified atom stereocenters. The minimum atomic E-state index is -0.0914. The summed E-state index contributed by atoms with van der Waals surface area (Å²) in [5, 5.41) is 3.04. The highest BCUT2D eigenvalue weighted by molar-refractivity contribution is 5.90. The van der Waals surface area contributed by atoms with E-state index in [0.717, 1.165) is 67.4 Å². The molecule has 1 saturated heterocycles. The minimum Gasteiger partial charge on any atom is -0.464 e. The highest BCUT2D eigenvalue weighted by atomic mass is 16.3. The normalized spacial score (nSPS) is 20.1. The van der Waals surface area contributed by atoms with E-state index >= 15 is 0 Å². The number of aryl methyl sites for hydroxylation is 2. The first-order chi connectivity index (χ1) is 12.2. The van der Waals surface area contributed by atoms with Crippen LogP contribution in [0.4, 0.5) is 10.5 Å². The third-order valence-electron chi connectivity index (χ3n) is 5.02. The Labute approximate surface area is 147 Å². The second-order valence-electron chi connectivity index (χ2n) is 6.93. The zero-order valence-electron chi connectivity index (χ0n) is 14.8. The average molecular weight is 340 g/mol. The molecule has 6 nitrogen and oxygen atoms in total. The Morgan fingerprint density at radius 1 is 1.36 bits per heavy atom. The summed E-state index contributed by atoms with van der Waals surface area (Å²) < 4.78 is 5.89. The highest BCUT2D eigenvalue weighted by Gasteiger charge is 2.34. The molecule has 2 fully saturated rings. The first kappa shape index (κ1) is 16.1. The Hall–Kier alpha value is -2.37. The van der Waals surface area contributed by atoms with E-state index in [0.29, 0.717) is 5.92 Å². The van der Waals surface area contributed by atoms with Gasteiger partial charge in [-0.3, -0.25) is 0 Å². The van der Waals surface area contributed by atoms with Gasteiger partial charge in [0.05, 0.1) is 23.6 Å². The third kappa shape index (κ3) is 3.25. The van der Waals surface area contributed by atoms with Crippen molar-refractivity contribution in [2.75, 3.05) is 11.9 Å². The molecule has 2 amide bonds. The standard InChI is InChI=1S/C19H24N4O2/c1-3-14-8-9-17(25-14)16-5-4-10-23(16)19(24)22-15-11-20-12(2)21-18(15)13-6-7-13/h8-9,11,13,16H,3-7,10H2,1-2H3,(H,22,24)/t16-/m0/s1. The number of nitrogens with zero attached hydrogens (tertiary/aromatic N) is 3. The van der Waals surface area contributed by atoms with Crippen molar-refractivity contribution < 1.29 is 9.21 Å². The molecular weight excluding hydrogens is 316 g/mol. The van der Waals surface area contributed by atoms with Gasteiger partial charge in [-0.1, -0.05) is 6.92 Å². The van der Waals surface area contributed by atoms with Gasteiger partial charge in [-0.15, -0.1) is 0 Å². The summed E-state index contributed by atoms with van der Waals surface area (Å²) in [5.74, 6) is 3.06. The van der Waals surface area contributed by atoms with Gasteiger partial charge in [0.1, 0.15) is 17.3 Å². The summed E-state index contributed by atoms with van der Waals surface area (Å²) in [7, 11) is 0. The van der Waals surface area contributed by atoms with Crippen LogP contribution in [0.15, 0.2) is 22.7 Å². The van der Waals surface area contributed by atoms with E-state index in [2.05, 4.69) is 22.2 Å². The Kier molecular flexibility index (Phi) is 4.19. The topological polar surface area (TPSA) is 71.3 Å². The van der Waals surface area contributed by atoms with Crippen molar-refractivity contribution in [2.45, 2.75) is 57.9 Å². The maximum absolute atomic E-state index is 12.9. The summed E-state index contributed by atoms with van der Waals surface area (Å²) in [6.45, 7) is 4.69. The number of furan rings is 1. The third-order valence-corrected chi connectivity index (χ3v) is 5.02. The number of urea groups is 1. The molecule has 25 heavy (non-hydrogen) atoms. The average Bonchev–Trinajstić information content (AvgIpc) is 3.14. The number of aromatic nitrogens is 2. The molecule has 2 aliphatic rings. The summed E-state index contributed by atoms with van der Waals surface area (Å²) >= 11 is 0. The van der Waals surface area contributed by atoms with Crippen LogP contribution < -0.4 is 5.32 Å². The first-order valence-electron chi connectivity index (χ1n) is 9.15. The molecule has 3 heterocycles. The Balaban J connectivity index is 1.52. The number of carbonyl (C=O) groups excluding carboxylic acids is 1. The van der Waals surface area contributed by atoms with Crippen LogP contribution in [0.5, 0.6) is 0 Å². The van der Waals surface area contributed by atoms with Crippen molar-refractivity contribution in [1.82, 2.24) is 14.9 Å². The van der Waals surface area contributed by atoms with E-state index in [1.54, 1.807) is 6.20 Å². The second kappa shape index (κ2) is 6.50. The number of nitrogens with one attached hydrogen (secondary N) is 1. The lowest BCUT2D eigenvalue weighted by atomic mass is 10.2. The fourth-order valence-electron chi connectivity index (χ4n) is 3.51. The fraction of sp³-hybridized carbons (Fsp3) is 0.526. The van der Waals surface area contributed by atoms with Gasteiger partial charge < -0.3 is 14.6 Å². The molecule has 0 radical (unpaired) electrons. The largest absolute Gasteiger partial charge is 0.464 e. The van der Waals surface area contributed by atoms with Gasteiger partial charge in [0.15, 0.2) is 0 Å². The van der Waals surface area contributed by atoms with E-state index < -0.39 is 0 Å². The van der Waals surface area contributed by atoms with Crippen LogP contribution in [-0.4, -0.2) is 27.4 Å². The number of amides is 2. The molecule has 6 heteroatoms. The number of anilines is 1. The van der Waals surface area contributed by atoms with Crippen LogP contribution in [0.2, 0.25) is 0 Å². The number of likely N-dealkylation sites (tertiary alicyclic amines) is 1. The van der Waals surface area contributed by atoms with Crippen molar-refractivity contribution in [3.8, 4) is 0 Å². The maximum Gasteiger partial charge on any atom is 0.322 e. The predicted octanol–water partition coefficient (Wildman–Crippen LogP) is 4.19.